The number of methoxy groups -OCH3 is 1. The summed E-state index contributed by atoms with van der Waals surface area (Å²) in [5.41, 5.74) is 2.70. The predicted octanol–water partition coefficient (Wildman–Crippen LogP) is 6.14. The lowest BCUT2D eigenvalue weighted by Crippen LogP contribution is -2.40. The third kappa shape index (κ3) is 7.38. The van der Waals surface area contributed by atoms with Gasteiger partial charge in [0.1, 0.15) is 17.3 Å². The van der Waals surface area contributed by atoms with E-state index in [9.17, 15) is 4.79 Å². The van der Waals surface area contributed by atoms with Gasteiger partial charge in [0.15, 0.2) is 0 Å². The number of halogens is 1. The Morgan fingerprint density at radius 2 is 1.91 bits per heavy atom. The maximum Gasteiger partial charge on any atom is 0.234 e. The quantitative estimate of drug-likeness (QED) is 0.139. The fourth-order valence-corrected chi connectivity index (χ4v) is 5.95. The van der Waals surface area contributed by atoms with E-state index < -0.39 is 5.95 Å². The van der Waals surface area contributed by atoms with E-state index in [4.69, 9.17) is 14.5 Å². The molecule has 1 amide bonds. The van der Waals surface area contributed by atoms with E-state index in [0.717, 1.165) is 29.4 Å². The lowest BCUT2D eigenvalue weighted by molar-refractivity contribution is -0.120. The van der Waals surface area contributed by atoms with Crippen molar-refractivity contribution in [2.75, 3.05) is 31.0 Å². The zero-order chi connectivity index (χ0) is 31.1. The summed E-state index contributed by atoms with van der Waals surface area (Å²) in [6, 6.07) is 15.0. The molecular weight excluding hydrogens is 561 g/mol. The van der Waals surface area contributed by atoms with E-state index in [-0.39, 0.29) is 17.9 Å². The summed E-state index contributed by atoms with van der Waals surface area (Å²) in [6.45, 7) is 3.08. The summed E-state index contributed by atoms with van der Waals surface area (Å²) in [5, 5.41) is 5.76. The first-order valence-electron chi connectivity index (χ1n) is 15.4. The van der Waals surface area contributed by atoms with E-state index in [1.54, 1.807) is 14.2 Å². The van der Waals surface area contributed by atoms with Crippen LogP contribution in [0.3, 0.4) is 0 Å². The van der Waals surface area contributed by atoms with Gasteiger partial charge in [0.25, 0.3) is 0 Å². The number of hydrogen-bond acceptors (Lipinski definition) is 8. The number of para-hydroxylation sites is 2. The maximum atomic E-state index is 15.1. The zero-order valence-electron chi connectivity index (χ0n) is 26.0. The minimum atomic E-state index is -0.621. The standard InChI is InChI=1S/C33H42FN7O3/c1-22(23-11-6-5-7-12-23)41(21-24-16-17-25(19-28(24)43-4)44-18-10-15-31(42)35-2)30-20-29(34)37-32(38-30)39-33-36-26-13-8-9-14-27(26)40(33)3/h8-9,13-14,16-17,19-20,22-23H,5-7,10-12,15,18,21H2,1-4H3,(H,35,42)(H,36,37,38,39)/t22-/m0/s1. The smallest absolute Gasteiger partial charge is 0.234 e. The first kappa shape index (κ1) is 31.0. The molecule has 4 aromatic rings. The van der Waals surface area contributed by atoms with Crippen molar-refractivity contribution < 1.29 is 18.7 Å². The molecule has 0 spiro atoms. The van der Waals surface area contributed by atoms with Crippen LogP contribution in [-0.4, -0.2) is 52.2 Å². The van der Waals surface area contributed by atoms with Gasteiger partial charge in [0, 0.05) is 50.8 Å². The second kappa shape index (κ2) is 14.4. The van der Waals surface area contributed by atoms with Gasteiger partial charge in [-0.25, -0.2) is 4.98 Å². The number of fused-ring (bicyclic) bond motifs is 1. The predicted molar refractivity (Wildman–Crippen MR) is 170 cm³/mol. The van der Waals surface area contributed by atoms with E-state index in [1.165, 1.54) is 25.3 Å². The minimum absolute atomic E-state index is 0.0124. The van der Waals surface area contributed by atoms with Crippen LogP contribution in [0.4, 0.5) is 22.1 Å². The number of nitrogens with one attached hydrogen (secondary N) is 2. The summed E-state index contributed by atoms with van der Waals surface area (Å²) in [4.78, 5) is 27.2. The van der Waals surface area contributed by atoms with E-state index in [0.29, 0.717) is 55.2 Å². The van der Waals surface area contributed by atoms with Crippen molar-refractivity contribution in [3.63, 3.8) is 0 Å². The van der Waals surface area contributed by atoms with Crippen molar-refractivity contribution in [2.45, 2.75) is 64.5 Å². The molecule has 2 aromatic heterocycles. The number of carbonyl (C=O) groups is 1. The highest BCUT2D eigenvalue weighted by Crippen LogP contribution is 2.34. The number of aryl methyl sites for hydroxylation is 1. The Labute approximate surface area is 258 Å². The third-order valence-corrected chi connectivity index (χ3v) is 8.51. The fourth-order valence-electron chi connectivity index (χ4n) is 5.95. The Hall–Kier alpha value is -4.41. The highest BCUT2D eigenvalue weighted by molar-refractivity contribution is 5.79. The number of carbonyl (C=O) groups excluding carboxylic acids is 1. The van der Waals surface area contributed by atoms with Crippen LogP contribution in [0.5, 0.6) is 11.5 Å². The van der Waals surface area contributed by atoms with Gasteiger partial charge in [0.2, 0.25) is 23.8 Å². The average molecular weight is 604 g/mol. The highest BCUT2D eigenvalue weighted by Gasteiger charge is 2.28. The molecule has 0 unspecified atom stereocenters. The van der Waals surface area contributed by atoms with Gasteiger partial charge in [-0.1, -0.05) is 31.4 Å². The van der Waals surface area contributed by atoms with E-state index in [1.807, 2.05) is 54.1 Å². The number of amides is 1. The molecule has 1 fully saturated rings. The summed E-state index contributed by atoms with van der Waals surface area (Å²) < 4.78 is 28.7. The van der Waals surface area contributed by atoms with Crippen LogP contribution < -0.4 is 25.0 Å². The van der Waals surface area contributed by atoms with Crippen LogP contribution in [0.2, 0.25) is 0 Å². The molecule has 2 N–H and O–H groups in total. The van der Waals surface area contributed by atoms with Gasteiger partial charge in [-0.05, 0) is 56.4 Å². The zero-order valence-corrected chi connectivity index (χ0v) is 26.0. The fraction of sp³-hybridized carbons (Fsp3) is 0.455. The van der Waals surface area contributed by atoms with Crippen molar-refractivity contribution in [2.24, 2.45) is 13.0 Å². The van der Waals surface area contributed by atoms with Crippen molar-refractivity contribution in [1.29, 1.82) is 0 Å². The van der Waals surface area contributed by atoms with Gasteiger partial charge in [-0.3, -0.25) is 10.1 Å². The molecule has 44 heavy (non-hydrogen) atoms. The first-order chi connectivity index (χ1) is 21.4. The molecule has 5 rings (SSSR count). The highest BCUT2D eigenvalue weighted by atomic mass is 19.1. The van der Waals surface area contributed by atoms with Crippen LogP contribution in [0, 0.1) is 11.9 Å². The Bertz CT molecular complexity index is 1570. The summed E-state index contributed by atoms with van der Waals surface area (Å²) in [6.07, 6.45) is 6.89. The number of anilines is 3. The van der Waals surface area contributed by atoms with Crippen LogP contribution in [0.1, 0.15) is 57.4 Å². The Morgan fingerprint density at radius 1 is 1.11 bits per heavy atom. The first-order valence-corrected chi connectivity index (χ1v) is 15.4. The molecule has 1 aliphatic rings. The van der Waals surface area contributed by atoms with Crippen molar-refractivity contribution in [3.05, 3.63) is 60.0 Å². The number of hydrogen-bond donors (Lipinski definition) is 2. The third-order valence-electron chi connectivity index (χ3n) is 8.51. The van der Waals surface area contributed by atoms with E-state index in [2.05, 4.69) is 32.4 Å². The molecule has 234 valence electrons. The lowest BCUT2D eigenvalue weighted by Gasteiger charge is -2.38. The second-order valence-corrected chi connectivity index (χ2v) is 11.3. The molecule has 2 aromatic carbocycles. The van der Waals surface area contributed by atoms with Crippen molar-refractivity contribution in [1.82, 2.24) is 24.8 Å². The lowest BCUT2D eigenvalue weighted by atomic mass is 9.84. The van der Waals surface area contributed by atoms with Gasteiger partial charge in [-0.2, -0.15) is 14.4 Å². The number of ether oxygens (including phenoxy) is 2. The topological polar surface area (TPSA) is 106 Å². The van der Waals surface area contributed by atoms with Crippen LogP contribution >= 0.6 is 0 Å². The van der Waals surface area contributed by atoms with Crippen LogP contribution in [0.15, 0.2) is 48.5 Å². The molecule has 0 aliphatic heterocycles. The Morgan fingerprint density at radius 3 is 2.66 bits per heavy atom. The van der Waals surface area contributed by atoms with Gasteiger partial charge in [-0.15, -0.1) is 0 Å². The van der Waals surface area contributed by atoms with Crippen molar-refractivity contribution >= 4 is 34.7 Å². The minimum Gasteiger partial charge on any atom is -0.496 e. The number of nitrogens with zero attached hydrogens (tertiary/aromatic N) is 5. The summed E-state index contributed by atoms with van der Waals surface area (Å²) in [5.74, 6) is 2.32. The molecule has 0 saturated heterocycles. The Balaban J connectivity index is 1.41. The van der Waals surface area contributed by atoms with E-state index >= 15 is 4.39 Å². The summed E-state index contributed by atoms with van der Waals surface area (Å²) >= 11 is 0. The molecule has 1 atom stereocenters. The molecular formula is C33H42FN7O3. The summed E-state index contributed by atoms with van der Waals surface area (Å²) in [7, 11) is 5.16. The number of aromatic nitrogens is 4. The molecule has 11 heteroatoms. The Kier molecular flexibility index (Phi) is 10.1. The van der Waals surface area contributed by atoms with Gasteiger partial charge in [0.05, 0.1) is 24.8 Å². The monoisotopic (exact) mass is 603 g/mol. The molecule has 1 saturated carbocycles. The number of imidazole rings is 1. The molecule has 2 heterocycles. The number of rotatable bonds is 13. The average Bonchev–Trinajstić information content (AvgIpc) is 3.36. The number of benzene rings is 2. The molecule has 0 radical (unpaired) electrons. The van der Waals surface area contributed by atoms with Crippen LogP contribution in [-0.2, 0) is 18.4 Å². The maximum absolute atomic E-state index is 15.1. The molecule has 0 bridgehead atoms. The molecule has 1 aliphatic carbocycles. The SMILES string of the molecule is CNC(=O)CCCOc1ccc(CN(c2cc(F)nc(Nc3nc4ccccc4n3C)n2)[C@@H](C)C2CCCCC2)c(OC)c1. The molecule has 10 nitrogen and oxygen atoms in total. The normalized spacial score (nSPS) is 14.3. The largest absolute Gasteiger partial charge is 0.496 e. The second-order valence-electron chi connectivity index (χ2n) is 11.3. The van der Waals surface area contributed by atoms with Crippen LogP contribution in [0.25, 0.3) is 11.0 Å². The van der Waals surface area contributed by atoms with Gasteiger partial charge >= 0.3 is 0 Å². The van der Waals surface area contributed by atoms with Gasteiger partial charge < -0.3 is 24.3 Å². The van der Waals surface area contributed by atoms with Crippen molar-refractivity contribution in [3.8, 4) is 11.5 Å².